The number of aryl methyl sites for hydroxylation is 1. The molecule has 0 unspecified atom stereocenters. The molecular formula is C17H18FN3. The van der Waals surface area contributed by atoms with Gasteiger partial charge in [-0.3, -0.25) is 0 Å². The van der Waals surface area contributed by atoms with E-state index in [9.17, 15) is 4.39 Å². The Morgan fingerprint density at radius 2 is 2.00 bits per heavy atom. The van der Waals surface area contributed by atoms with Gasteiger partial charge in [0.15, 0.2) is 0 Å². The number of hydrogen-bond acceptors (Lipinski definition) is 3. The Labute approximate surface area is 124 Å². The van der Waals surface area contributed by atoms with Gasteiger partial charge in [0.1, 0.15) is 17.4 Å². The van der Waals surface area contributed by atoms with Crippen LogP contribution in [0.5, 0.6) is 0 Å². The predicted octanol–water partition coefficient (Wildman–Crippen LogP) is 3.68. The number of nitrogens with zero attached hydrogens (tertiary/aromatic N) is 2. The summed E-state index contributed by atoms with van der Waals surface area (Å²) in [5.41, 5.74) is 3.99. The Morgan fingerprint density at radius 1 is 1.24 bits per heavy atom. The van der Waals surface area contributed by atoms with Gasteiger partial charge in [0.2, 0.25) is 0 Å². The van der Waals surface area contributed by atoms with Crippen LogP contribution in [0.3, 0.4) is 0 Å². The quantitative estimate of drug-likeness (QED) is 0.930. The molecule has 0 bridgehead atoms. The molecule has 3 nitrogen and oxygen atoms in total. The molecule has 0 radical (unpaired) electrons. The molecule has 0 aliphatic carbocycles. The molecule has 0 aliphatic rings. The van der Waals surface area contributed by atoms with Gasteiger partial charge in [0.05, 0.1) is 5.69 Å². The van der Waals surface area contributed by atoms with E-state index in [2.05, 4.69) is 11.4 Å². The van der Waals surface area contributed by atoms with E-state index >= 15 is 0 Å². The fraction of sp³-hybridized carbons (Fsp3) is 0.235. The van der Waals surface area contributed by atoms with Crippen LogP contribution in [0, 0.1) is 24.1 Å². The summed E-state index contributed by atoms with van der Waals surface area (Å²) in [6.07, 6.45) is 0. The minimum Gasteiger partial charge on any atom is -0.380 e. The van der Waals surface area contributed by atoms with Crippen molar-refractivity contribution in [2.24, 2.45) is 0 Å². The largest absolute Gasteiger partial charge is 0.380 e. The van der Waals surface area contributed by atoms with E-state index in [1.807, 2.05) is 44.1 Å². The van der Waals surface area contributed by atoms with Gasteiger partial charge in [-0.05, 0) is 42.3 Å². The first-order valence-electron chi connectivity index (χ1n) is 6.72. The van der Waals surface area contributed by atoms with Crippen LogP contribution in [0.4, 0.5) is 15.8 Å². The molecule has 1 N–H and O–H groups in total. The third-order valence-electron chi connectivity index (χ3n) is 3.44. The molecule has 2 aromatic rings. The van der Waals surface area contributed by atoms with Gasteiger partial charge in [-0.25, -0.2) is 4.39 Å². The highest BCUT2D eigenvalue weighted by molar-refractivity contribution is 5.58. The van der Waals surface area contributed by atoms with Crippen LogP contribution in [0.2, 0.25) is 0 Å². The summed E-state index contributed by atoms with van der Waals surface area (Å²) >= 11 is 0. The van der Waals surface area contributed by atoms with E-state index < -0.39 is 5.82 Å². The average molecular weight is 283 g/mol. The van der Waals surface area contributed by atoms with Gasteiger partial charge in [-0.1, -0.05) is 12.1 Å². The van der Waals surface area contributed by atoms with E-state index in [1.54, 1.807) is 12.1 Å². The van der Waals surface area contributed by atoms with Gasteiger partial charge in [-0.2, -0.15) is 5.26 Å². The van der Waals surface area contributed by atoms with Crippen LogP contribution in [0.15, 0.2) is 36.4 Å². The molecule has 21 heavy (non-hydrogen) atoms. The van der Waals surface area contributed by atoms with Crippen LogP contribution < -0.4 is 10.2 Å². The molecule has 0 amide bonds. The lowest BCUT2D eigenvalue weighted by Gasteiger charge is -2.16. The summed E-state index contributed by atoms with van der Waals surface area (Å²) in [7, 11) is 4.00. The monoisotopic (exact) mass is 283 g/mol. The number of hydrogen-bond donors (Lipinski definition) is 1. The maximum Gasteiger partial charge on any atom is 0.143 e. The number of rotatable bonds is 4. The molecule has 0 saturated carbocycles. The van der Waals surface area contributed by atoms with Crippen molar-refractivity contribution in [1.82, 2.24) is 0 Å². The summed E-state index contributed by atoms with van der Waals surface area (Å²) in [4.78, 5) is 2.05. The summed E-state index contributed by atoms with van der Waals surface area (Å²) in [5.74, 6) is -0.498. The molecule has 0 saturated heterocycles. The molecule has 4 heteroatoms. The lowest BCUT2D eigenvalue weighted by atomic mass is 10.1. The van der Waals surface area contributed by atoms with Crippen molar-refractivity contribution in [1.29, 1.82) is 5.26 Å². The standard InChI is InChI=1S/C17H18FN3/c1-12-9-14(21(2)3)8-7-13(12)11-20-17-6-4-5-16(18)15(17)10-19/h4-9,20H,11H2,1-3H3. The van der Waals surface area contributed by atoms with Crippen molar-refractivity contribution >= 4 is 11.4 Å². The van der Waals surface area contributed by atoms with E-state index in [4.69, 9.17) is 5.26 Å². The predicted molar refractivity (Wildman–Crippen MR) is 83.9 cm³/mol. The first-order chi connectivity index (χ1) is 10.0. The Kier molecular flexibility index (Phi) is 4.44. The van der Waals surface area contributed by atoms with Crippen LogP contribution in [-0.4, -0.2) is 14.1 Å². The third kappa shape index (κ3) is 3.32. The lowest BCUT2D eigenvalue weighted by molar-refractivity contribution is 0.624. The highest BCUT2D eigenvalue weighted by Crippen LogP contribution is 2.21. The zero-order chi connectivity index (χ0) is 15.4. The molecule has 0 aliphatic heterocycles. The molecular weight excluding hydrogens is 265 g/mol. The van der Waals surface area contributed by atoms with Gasteiger partial charge in [0.25, 0.3) is 0 Å². The molecule has 0 fully saturated rings. The second kappa shape index (κ2) is 6.27. The Balaban J connectivity index is 2.18. The summed E-state index contributed by atoms with van der Waals surface area (Å²) in [6.45, 7) is 2.60. The van der Waals surface area contributed by atoms with E-state index in [0.717, 1.165) is 16.8 Å². The Hall–Kier alpha value is -2.54. The fourth-order valence-corrected chi connectivity index (χ4v) is 2.13. The minimum absolute atomic E-state index is 0.0556. The van der Waals surface area contributed by atoms with Crippen molar-refractivity contribution in [3.8, 4) is 6.07 Å². The van der Waals surface area contributed by atoms with E-state index in [-0.39, 0.29) is 5.56 Å². The molecule has 0 heterocycles. The van der Waals surface area contributed by atoms with Crippen LogP contribution >= 0.6 is 0 Å². The smallest absolute Gasteiger partial charge is 0.143 e. The number of nitrogens with one attached hydrogen (secondary N) is 1. The van der Waals surface area contributed by atoms with Crippen molar-refractivity contribution < 1.29 is 4.39 Å². The molecule has 0 spiro atoms. The molecule has 108 valence electrons. The van der Waals surface area contributed by atoms with Crippen molar-refractivity contribution in [3.05, 3.63) is 58.9 Å². The maximum atomic E-state index is 13.5. The fourth-order valence-electron chi connectivity index (χ4n) is 2.13. The molecule has 0 atom stereocenters. The van der Waals surface area contributed by atoms with Gasteiger partial charge >= 0.3 is 0 Å². The van der Waals surface area contributed by atoms with Crippen molar-refractivity contribution in [2.75, 3.05) is 24.3 Å². The minimum atomic E-state index is -0.498. The molecule has 2 aromatic carbocycles. The highest BCUT2D eigenvalue weighted by Gasteiger charge is 2.08. The van der Waals surface area contributed by atoms with Crippen LogP contribution in [0.1, 0.15) is 16.7 Å². The normalized spacial score (nSPS) is 10.0. The molecule has 0 aromatic heterocycles. The zero-order valence-electron chi connectivity index (χ0n) is 12.4. The third-order valence-corrected chi connectivity index (χ3v) is 3.44. The van der Waals surface area contributed by atoms with Crippen LogP contribution in [0.25, 0.3) is 0 Å². The zero-order valence-corrected chi connectivity index (χ0v) is 12.4. The highest BCUT2D eigenvalue weighted by atomic mass is 19.1. The van der Waals surface area contributed by atoms with Gasteiger partial charge in [0, 0.05) is 26.3 Å². The van der Waals surface area contributed by atoms with E-state index in [0.29, 0.717) is 12.2 Å². The second-order valence-electron chi connectivity index (χ2n) is 5.13. The summed E-state index contributed by atoms with van der Waals surface area (Å²) < 4.78 is 13.5. The Morgan fingerprint density at radius 3 is 2.62 bits per heavy atom. The van der Waals surface area contributed by atoms with Gasteiger partial charge in [-0.15, -0.1) is 0 Å². The lowest BCUT2D eigenvalue weighted by Crippen LogP contribution is -2.10. The van der Waals surface area contributed by atoms with Crippen molar-refractivity contribution in [2.45, 2.75) is 13.5 Å². The second-order valence-corrected chi connectivity index (χ2v) is 5.13. The Bertz CT molecular complexity index is 687. The van der Waals surface area contributed by atoms with Crippen LogP contribution in [-0.2, 0) is 6.54 Å². The number of benzene rings is 2. The topological polar surface area (TPSA) is 39.1 Å². The van der Waals surface area contributed by atoms with Crippen molar-refractivity contribution in [3.63, 3.8) is 0 Å². The number of nitriles is 1. The first kappa shape index (κ1) is 14.9. The average Bonchev–Trinajstić information content (AvgIpc) is 2.45. The van der Waals surface area contributed by atoms with E-state index in [1.165, 1.54) is 6.07 Å². The maximum absolute atomic E-state index is 13.5. The number of halogens is 1. The summed E-state index contributed by atoms with van der Waals surface area (Å²) in [6, 6.07) is 12.7. The van der Waals surface area contributed by atoms with Gasteiger partial charge < -0.3 is 10.2 Å². The molecule has 2 rings (SSSR count). The SMILES string of the molecule is Cc1cc(N(C)C)ccc1CNc1cccc(F)c1C#N. The number of anilines is 2. The summed E-state index contributed by atoms with van der Waals surface area (Å²) in [5, 5.41) is 12.1. The first-order valence-corrected chi connectivity index (χ1v) is 6.72.